The van der Waals surface area contributed by atoms with Gasteiger partial charge in [-0.1, -0.05) is 19.1 Å². The molecule has 1 saturated heterocycles. The Bertz CT molecular complexity index is 195. The Morgan fingerprint density at radius 3 is 2.62 bits per heavy atom. The monoisotopic (exact) mass is 224 g/mol. The van der Waals surface area contributed by atoms with Gasteiger partial charge in [-0.2, -0.15) is 0 Å². The largest absolute Gasteiger partial charge is 0.317 e. The minimum absolute atomic E-state index is 0.894. The lowest BCUT2D eigenvalue weighted by atomic mass is 9.90. The maximum atomic E-state index is 4.23. The van der Waals surface area contributed by atoms with Gasteiger partial charge in [-0.15, -0.1) is 0 Å². The number of nitrogens with one attached hydrogen (secondary N) is 1. The minimum atomic E-state index is 0.894. The van der Waals surface area contributed by atoms with Gasteiger partial charge in [-0.3, -0.25) is 0 Å². The van der Waals surface area contributed by atoms with Gasteiger partial charge in [0.1, 0.15) is 0 Å². The molecule has 0 unspecified atom stereocenters. The number of hydrogen-bond donors (Lipinski definition) is 1. The van der Waals surface area contributed by atoms with Crippen LogP contribution in [0.3, 0.4) is 0 Å². The van der Waals surface area contributed by atoms with Crippen molar-refractivity contribution in [2.45, 2.75) is 39.0 Å². The van der Waals surface area contributed by atoms with Crippen LogP contribution in [-0.4, -0.2) is 38.1 Å². The summed E-state index contributed by atoms with van der Waals surface area (Å²) < 4.78 is 0. The normalized spacial score (nSPS) is 17.9. The van der Waals surface area contributed by atoms with E-state index in [2.05, 4.69) is 30.8 Å². The molecule has 1 fully saturated rings. The summed E-state index contributed by atoms with van der Waals surface area (Å²) in [6, 6.07) is 0. The van der Waals surface area contributed by atoms with Crippen LogP contribution in [0.15, 0.2) is 12.2 Å². The van der Waals surface area contributed by atoms with E-state index >= 15 is 0 Å². The second-order valence-electron chi connectivity index (χ2n) is 5.20. The Labute approximate surface area is 101 Å². The third kappa shape index (κ3) is 5.66. The van der Waals surface area contributed by atoms with Crippen molar-refractivity contribution in [3.63, 3.8) is 0 Å². The van der Waals surface area contributed by atoms with Crippen molar-refractivity contribution < 1.29 is 0 Å². The first-order chi connectivity index (χ1) is 7.72. The molecule has 94 valence electrons. The average molecular weight is 224 g/mol. The number of piperidine rings is 1. The summed E-state index contributed by atoms with van der Waals surface area (Å²) in [6.07, 6.45) is 6.35. The summed E-state index contributed by atoms with van der Waals surface area (Å²) in [5, 5.41) is 3.42. The first kappa shape index (κ1) is 13.7. The van der Waals surface area contributed by atoms with Crippen LogP contribution in [0.4, 0.5) is 0 Å². The molecule has 0 atom stereocenters. The third-order valence-corrected chi connectivity index (χ3v) is 3.49. The standard InChI is InChI=1S/C14H28N2/c1-4-10-16(3)11-7-13(2)12-14-5-8-15-9-6-14/h14-15H,2,4-12H2,1,3H3. The molecule has 1 aliphatic rings. The molecule has 0 spiro atoms. The van der Waals surface area contributed by atoms with Gasteiger partial charge in [-0.25, -0.2) is 0 Å². The van der Waals surface area contributed by atoms with Crippen LogP contribution < -0.4 is 5.32 Å². The lowest BCUT2D eigenvalue weighted by Crippen LogP contribution is -2.28. The van der Waals surface area contributed by atoms with E-state index in [1.807, 2.05) is 0 Å². The van der Waals surface area contributed by atoms with Crippen molar-refractivity contribution >= 4 is 0 Å². The zero-order chi connectivity index (χ0) is 11.8. The van der Waals surface area contributed by atoms with Crippen molar-refractivity contribution in [1.29, 1.82) is 0 Å². The molecule has 1 heterocycles. The second kappa shape index (κ2) is 7.86. The Balaban J connectivity index is 2.10. The summed E-state index contributed by atoms with van der Waals surface area (Å²) in [4.78, 5) is 2.41. The first-order valence-corrected chi connectivity index (χ1v) is 6.78. The fraction of sp³-hybridized carbons (Fsp3) is 0.857. The summed E-state index contributed by atoms with van der Waals surface area (Å²) in [5.74, 6) is 0.894. The van der Waals surface area contributed by atoms with Gasteiger partial charge in [0.15, 0.2) is 0 Å². The Kier molecular flexibility index (Phi) is 6.74. The molecule has 1 aliphatic heterocycles. The molecule has 2 heteroatoms. The minimum Gasteiger partial charge on any atom is -0.317 e. The van der Waals surface area contributed by atoms with Crippen molar-refractivity contribution in [3.8, 4) is 0 Å². The van der Waals surface area contributed by atoms with Gasteiger partial charge < -0.3 is 10.2 Å². The fourth-order valence-electron chi connectivity index (χ4n) is 2.44. The average Bonchev–Trinajstić information content (AvgIpc) is 2.28. The molecule has 0 aliphatic carbocycles. The van der Waals surface area contributed by atoms with Crippen molar-refractivity contribution in [3.05, 3.63) is 12.2 Å². The smallest absolute Gasteiger partial charge is 0.00154 e. The van der Waals surface area contributed by atoms with Gasteiger partial charge in [0.25, 0.3) is 0 Å². The zero-order valence-corrected chi connectivity index (χ0v) is 11.1. The first-order valence-electron chi connectivity index (χ1n) is 6.78. The van der Waals surface area contributed by atoms with E-state index in [0.717, 1.165) is 5.92 Å². The molecule has 16 heavy (non-hydrogen) atoms. The number of hydrogen-bond acceptors (Lipinski definition) is 2. The van der Waals surface area contributed by atoms with E-state index in [-0.39, 0.29) is 0 Å². The van der Waals surface area contributed by atoms with E-state index < -0.39 is 0 Å². The lowest BCUT2D eigenvalue weighted by molar-refractivity contribution is 0.329. The van der Waals surface area contributed by atoms with E-state index in [0.29, 0.717) is 0 Å². The molecule has 0 saturated carbocycles. The van der Waals surface area contributed by atoms with Crippen LogP contribution in [0.5, 0.6) is 0 Å². The Morgan fingerprint density at radius 2 is 2.00 bits per heavy atom. The predicted molar refractivity (Wildman–Crippen MR) is 71.8 cm³/mol. The molecule has 1 rings (SSSR count). The molecule has 0 aromatic carbocycles. The summed E-state index contributed by atoms with van der Waals surface area (Å²) >= 11 is 0. The second-order valence-corrected chi connectivity index (χ2v) is 5.20. The molecule has 0 aromatic rings. The van der Waals surface area contributed by atoms with Gasteiger partial charge in [0.2, 0.25) is 0 Å². The third-order valence-electron chi connectivity index (χ3n) is 3.49. The quantitative estimate of drug-likeness (QED) is 0.669. The predicted octanol–water partition coefficient (Wildman–Crippen LogP) is 2.66. The highest BCUT2D eigenvalue weighted by molar-refractivity contribution is 4.97. The molecule has 0 aromatic heterocycles. The lowest BCUT2D eigenvalue weighted by Gasteiger charge is -2.24. The van der Waals surface area contributed by atoms with Crippen LogP contribution in [0.1, 0.15) is 39.0 Å². The van der Waals surface area contributed by atoms with Crippen molar-refractivity contribution in [2.24, 2.45) is 5.92 Å². The van der Waals surface area contributed by atoms with Gasteiger partial charge in [0, 0.05) is 6.54 Å². The SMILES string of the molecule is C=C(CCN(C)CCC)CC1CCNCC1. The van der Waals surface area contributed by atoms with Crippen LogP contribution in [0.25, 0.3) is 0 Å². The molecule has 1 N–H and O–H groups in total. The molecule has 0 radical (unpaired) electrons. The topological polar surface area (TPSA) is 15.3 Å². The van der Waals surface area contributed by atoms with Crippen LogP contribution in [0.2, 0.25) is 0 Å². The molecule has 0 bridgehead atoms. The maximum absolute atomic E-state index is 4.23. The highest BCUT2D eigenvalue weighted by Gasteiger charge is 2.13. The van der Waals surface area contributed by atoms with Gasteiger partial charge >= 0.3 is 0 Å². The fourth-order valence-corrected chi connectivity index (χ4v) is 2.44. The summed E-state index contributed by atoms with van der Waals surface area (Å²) in [6.45, 7) is 11.3. The highest BCUT2D eigenvalue weighted by atomic mass is 15.1. The van der Waals surface area contributed by atoms with Gasteiger partial charge in [-0.05, 0) is 64.7 Å². The molecule has 2 nitrogen and oxygen atoms in total. The van der Waals surface area contributed by atoms with Crippen molar-refractivity contribution in [2.75, 3.05) is 33.2 Å². The highest BCUT2D eigenvalue weighted by Crippen LogP contribution is 2.21. The van der Waals surface area contributed by atoms with Crippen LogP contribution >= 0.6 is 0 Å². The zero-order valence-electron chi connectivity index (χ0n) is 11.1. The van der Waals surface area contributed by atoms with E-state index in [1.54, 1.807) is 0 Å². The molecular weight excluding hydrogens is 196 g/mol. The van der Waals surface area contributed by atoms with Crippen molar-refractivity contribution in [1.82, 2.24) is 10.2 Å². The van der Waals surface area contributed by atoms with Crippen LogP contribution in [-0.2, 0) is 0 Å². The Hall–Kier alpha value is -0.340. The van der Waals surface area contributed by atoms with Crippen LogP contribution in [0, 0.1) is 5.92 Å². The summed E-state index contributed by atoms with van der Waals surface area (Å²) in [5.41, 5.74) is 1.45. The van der Waals surface area contributed by atoms with E-state index in [4.69, 9.17) is 0 Å². The van der Waals surface area contributed by atoms with E-state index in [1.165, 1.54) is 63.9 Å². The molecular formula is C14H28N2. The summed E-state index contributed by atoms with van der Waals surface area (Å²) in [7, 11) is 2.21. The maximum Gasteiger partial charge on any atom is 0.00154 e. The number of nitrogens with zero attached hydrogens (tertiary/aromatic N) is 1. The van der Waals surface area contributed by atoms with Gasteiger partial charge in [0.05, 0.1) is 0 Å². The Morgan fingerprint density at radius 1 is 1.31 bits per heavy atom. The molecule has 0 amide bonds. The number of rotatable bonds is 7. The van der Waals surface area contributed by atoms with E-state index in [9.17, 15) is 0 Å².